The Hall–Kier alpha value is -1.44. The van der Waals surface area contributed by atoms with E-state index < -0.39 is 5.60 Å². The maximum absolute atomic E-state index is 13.6. The van der Waals surface area contributed by atoms with Crippen LogP contribution in [0.2, 0.25) is 0 Å². The molecule has 28 heavy (non-hydrogen) atoms. The molecule has 0 bridgehead atoms. The number of Topliss-reactive ketones (excluding diaryl/α,β-unsaturated/α-hetero) is 1. The van der Waals surface area contributed by atoms with Crippen LogP contribution in [0.5, 0.6) is 0 Å². The maximum atomic E-state index is 13.6. The van der Waals surface area contributed by atoms with Gasteiger partial charge < -0.3 is 10.2 Å². The van der Waals surface area contributed by atoms with Crippen LogP contribution in [0, 0.1) is 41.1 Å². The molecule has 2 N–H and O–H groups in total. The summed E-state index contributed by atoms with van der Waals surface area (Å²) in [5.41, 5.74) is 1.78. The van der Waals surface area contributed by atoms with E-state index in [2.05, 4.69) is 18.7 Å². The van der Waals surface area contributed by atoms with E-state index in [0.29, 0.717) is 30.5 Å². The Morgan fingerprint density at radius 1 is 1.25 bits per heavy atom. The molecule has 3 fully saturated rings. The van der Waals surface area contributed by atoms with Crippen LogP contribution in [0.15, 0.2) is 22.9 Å². The second kappa shape index (κ2) is 6.28. The predicted molar refractivity (Wildman–Crippen MR) is 108 cm³/mol. The van der Waals surface area contributed by atoms with Crippen molar-refractivity contribution in [1.82, 2.24) is 0 Å². The number of fused-ring (bicyclic) bond motifs is 5. The number of allylic oxidation sites excluding steroid dienone is 3. The van der Waals surface area contributed by atoms with Crippen LogP contribution in [-0.2, 0) is 4.79 Å². The van der Waals surface area contributed by atoms with Crippen LogP contribution in [0.1, 0.15) is 66.2 Å². The molecule has 0 heterocycles. The van der Waals surface area contributed by atoms with Gasteiger partial charge in [-0.15, -0.1) is 0 Å². The fourth-order valence-corrected chi connectivity index (χ4v) is 7.59. The lowest BCUT2D eigenvalue weighted by atomic mass is 9.45. The van der Waals surface area contributed by atoms with E-state index in [9.17, 15) is 15.0 Å². The predicted octanol–water partition coefficient (Wildman–Crippen LogP) is 4.29. The zero-order chi connectivity index (χ0) is 20.5. The third kappa shape index (κ3) is 2.52. The van der Waals surface area contributed by atoms with Crippen LogP contribution < -0.4 is 0 Å². The Morgan fingerprint density at radius 3 is 2.61 bits per heavy atom. The Bertz CT molecular complexity index is 816. The first-order valence-electron chi connectivity index (χ1n) is 10.7. The molecule has 4 aliphatic rings. The molecule has 0 aliphatic heterocycles. The van der Waals surface area contributed by atoms with Gasteiger partial charge in [-0.05, 0) is 68.6 Å². The van der Waals surface area contributed by atoms with Gasteiger partial charge in [0.1, 0.15) is 5.78 Å². The smallest absolute Gasteiger partial charge is 0.162 e. The van der Waals surface area contributed by atoms with Gasteiger partial charge in [0.2, 0.25) is 0 Å². The van der Waals surface area contributed by atoms with Crippen molar-refractivity contribution in [3.05, 3.63) is 34.3 Å². The number of hydrogen-bond acceptors (Lipinski definition) is 3. The highest BCUT2D eigenvalue weighted by Gasteiger charge is 2.62. The minimum Gasteiger partial charge on any atom is -0.396 e. The Labute approximate surface area is 168 Å². The summed E-state index contributed by atoms with van der Waals surface area (Å²) in [5.74, 6) is 0.863. The second-order valence-corrected chi connectivity index (χ2v) is 10.5. The number of nitrogens with zero attached hydrogens (tertiary/aromatic N) is 1. The van der Waals surface area contributed by atoms with Gasteiger partial charge in [0.15, 0.2) is 5.70 Å². The molecule has 4 rings (SSSR count). The summed E-state index contributed by atoms with van der Waals surface area (Å²) in [6.07, 6.45) is 7.09. The number of aliphatic hydroxyl groups is 2. The van der Waals surface area contributed by atoms with Gasteiger partial charge in [-0.1, -0.05) is 31.1 Å². The highest BCUT2D eigenvalue weighted by atomic mass is 16.3. The molecular weight excluding hydrogens is 350 g/mol. The summed E-state index contributed by atoms with van der Waals surface area (Å²) < 4.78 is 0. The molecule has 0 saturated heterocycles. The minimum atomic E-state index is -1.00. The van der Waals surface area contributed by atoms with Gasteiger partial charge in [0, 0.05) is 24.9 Å². The van der Waals surface area contributed by atoms with Crippen molar-refractivity contribution in [3.63, 3.8) is 0 Å². The fraction of sp³-hybridized carbons (Fsp3) is 0.750. The van der Waals surface area contributed by atoms with E-state index in [-0.39, 0.29) is 29.3 Å². The van der Waals surface area contributed by atoms with Crippen molar-refractivity contribution in [2.24, 2.45) is 34.5 Å². The van der Waals surface area contributed by atoms with Gasteiger partial charge in [0.05, 0.1) is 12.2 Å². The topological polar surface area (TPSA) is 61.9 Å². The van der Waals surface area contributed by atoms with Gasteiger partial charge >= 0.3 is 0 Å². The first kappa shape index (κ1) is 19.9. The quantitative estimate of drug-likeness (QED) is 0.524. The van der Waals surface area contributed by atoms with Crippen LogP contribution in [0.4, 0.5) is 0 Å². The van der Waals surface area contributed by atoms with Crippen molar-refractivity contribution in [2.45, 2.75) is 71.8 Å². The van der Waals surface area contributed by atoms with Gasteiger partial charge in [0.25, 0.3) is 0 Å². The molecule has 4 nitrogen and oxygen atoms in total. The zero-order valence-electron chi connectivity index (χ0n) is 17.6. The standard InChI is InChI=1S/C24H33NO3/c1-14(25-5)18-8-9-19-17-7-6-15-11-24(4,28)16(13-26)10-22(15,2)21(17)20(27)12-23(18,19)3/h11,16-17,19,21,26,28H,6-10,12-13H2,1-4H3/b18-14-/t16-,17+,19+,21-,22+,23-,24+/m1/s1. The summed E-state index contributed by atoms with van der Waals surface area (Å²) in [6, 6.07) is 0. The van der Waals surface area contributed by atoms with Crippen LogP contribution in [0.25, 0.3) is 4.85 Å². The summed E-state index contributed by atoms with van der Waals surface area (Å²) >= 11 is 0. The number of aliphatic hydroxyl groups excluding tert-OH is 1. The number of rotatable bonds is 1. The molecule has 4 heteroatoms. The van der Waals surface area contributed by atoms with E-state index in [4.69, 9.17) is 6.57 Å². The number of hydrogen-bond donors (Lipinski definition) is 2. The molecule has 0 amide bonds. The van der Waals surface area contributed by atoms with Crippen molar-refractivity contribution in [2.75, 3.05) is 6.61 Å². The number of ketones is 1. The maximum Gasteiger partial charge on any atom is 0.162 e. The van der Waals surface area contributed by atoms with E-state index in [1.54, 1.807) is 6.92 Å². The Kier molecular flexibility index (Phi) is 4.45. The molecule has 7 atom stereocenters. The lowest BCUT2D eigenvalue weighted by molar-refractivity contribution is -0.145. The highest BCUT2D eigenvalue weighted by molar-refractivity contribution is 5.85. The van der Waals surface area contributed by atoms with Gasteiger partial charge in [-0.3, -0.25) is 4.79 Å². The van der Waals surface area contributed by atoms with E-state index in [1.807, 2.05) is 13.0 Å². The summed E-state index contributed by atoms with van der Waals surface area (Å²) in [5, 5.41) is 20.7. The molecule has 4 aliphatic carbocycles. The monoisotopic (exact) mass is 383 g/mol. The molecule has 0 aromatic carbocycles. The molecular formula is C24H33NO3. The number of carbonyl (C=O) groups is 1. The summed E-state index contributed by atoms with van der Waals surface area (Å²) in [7, 11) is 0. The second-order valence-electron chi connectivity index (χ2n) is 10.5. The van der Waals surface area contributed by atoms with Crippen LogP contribution in [-0.4, -0.2) is 28.2 Å². The van der Waals surface area contributed by atoms with E-state index in [0.717, 1.165) is 31.4 Å². The van der Waals surface area contributed by atoms with Crippen LogP contribution >= 0.6 is 0 Å². The molecule has 0 spiro atoms. The van der Waals surface area contributed by atoms with Crippen molar-refractivity contribution < 1.29 is 15.0 Å². The molecule has 0 aromatic heterocycles. The van der Waals surface area contributed by atoms with Gasteiger partial charge in [-0.2, -0.15) is 0 Å². The summed E-state index contributed by atoms with van der Waals surface area (Å²) in [4.78, 5) is 17.3. The first-order valence-corrected chi connectivity index (χ1v) is 10.7. The Morgan fingerprint density at radius 2 is 1.96 bits per heavy atom. The average molecular weight is 384 g/mol. The molecule has 0 aromatic rings. The summed E-state index contributed by atoms with van der Waals surface area (Å²) in [6.45, 7) is 15.5. The lowest BCUT2D eigenvalue weighted by Gasteiger charge is -2.58. The normalized spacial score (nSPS) is 49.5. The minimum absolute atomic E-state index is 0.0247. The molecule has 152 valence electrons. The van der Waals surface area contributed by atoms with E-state index >= 15 is 0 Å². The third-order valence-corrected chi connectivity index (χ3v) is 9.00. The number of carbonyl (C=O) groups excluding carboxylic acids is 1. The van der Waals surface area contributed by atoms with E-state index in [1.165, 1.54) is 11.1 Å². The lowest BCUT2D eigenvalue weighted by Crippen LogP contribution is -2.57. The van der Waals surface area contributed by atoms with Crippen molar-refractivity contribution in [3.8, 4) is 0 Å². The highest BCUT2D eigenvalue weighted by Crippen LogP contribution is 2.66. The fourth-order valence-electron chi connectivity index (χ4n) is 7.59. The SMILES string of the molecule is [C-]#[N+]/C(C)=C1/CC[C@H]2[C@@H]3CCC4=C[C@](C)(O)[C@@H](CO)C[C@]4(C)[C@H]3C(=O)C[C@]12C. The molecule has 0 radical (unpaired) electrons. The Balaban J connectivity index is 1.76. The van der Waals surface area contributed by atoms with Gasteiger partial charge in [-0.25, -0.2) is 4.85 Å². The first-order chi connectivity index (χ1) is 13.1. The van der Waals surface area contributed by atoms with Crippen molar-refractivity contribution >= 4 is 5.78 Å². The third-order valence-electron chi connectivity index (χ3n) is 9.00. The molecule has 3 saturated carbocycles. The molecule has 0 unspecified atom stereocenters. The zero-order valence-corrected chi connectivity index (χ0v) is 17.6. The average Bonchev–Trinajstić information content (AvgIpc) is 2.97. The van der Waals surface area contributed by atoms with Crippen LogP contribution in [0.3, 0.4) is 0 Å². The van der Waals surface area contributed by atoms with Crippen molar-refractivity contribution in [1.29, 1.82) is 0 Å². The largest absolute Gasteiger partial charge is 0.396 e.